The second-order valence-electron chi connectivity index (χ2n) is 8.05. The van der Waals surface area contributed by atoms with Crippen molar-refractivity contribution in [3.8, 4) is 0 Å². The molecule has 0 saturated heterocycles. The number of amides is 3. The van der Waals surface area contributed by atoms with Crippen LogP contribution in [-0.2, 0) is 32.1 Å². The van der Waals surface area contributed by atoms with Crippen molar-refractivity contribution in [2.24, 2.45) is 0 Å². The Morgan fingerprint density at radius 3 is 2.38 bits per heavy atom. The molecule has 1 unspecified atom stereocenters. The van der Waals surface area contributed by atoms with Gasteiger partial charge in [-0.1, -0.05) is 72.8 Å². The fourth-order valence-electron chi connectivity index (χ4n) is 3.71. The molecule has 178 valence electrons. The van der Waals surface area contributed by atoms with Crippen molar-refractivity contribution in [1.29, 1.82) is 0 Å². The quantitative estimate of drug-likeness (QED) is 0.386. The molecule has 0 aliphatic rings. The minimum Gasteiger partial charge on any atom is -0.382 e. The molecule has 0 heterocycles. The molecule has 0 bridgehead atoms. The molecule has 1 atom stereocenters. The zero-order chi connectivity index (χ0) is 24.2. The van der Waals surface area contributed by atoms with Gasteiger partial charge in [0.1, 0.15) is 6.04 Å². The zero-order valence-corrected chi connectivity index (χ0v) is 19.4. The number of methoxy groups -OCH3 is 1. The van der Waals surface area contributed by atoms with E-state index in [1.807, 2.05) is 72.8 Å². The van der Waals surface area contributed by atoms with Crippen molar-refractivity contribution in [3.63, 3.8) is 0 Å². The normalized spacial score (nSPS) is 11.6. The van der Waals surface area contributed by atoms with Gasteiger partial charge >= 0.3 is 0 Å². The second-order valence-corrected chi connectivity index (χ2v) is 8.05. The highest BCUT2D eigenvalue weighted by Gasteiger charge is 2.21. The highest BCUT2D eigenvalue weighted by atomic mass is 16.5. The second kappa shape index (κ2) is 13.1. The van der Waals surface area contributed by atoms with Crippen LogP contribution in [0.15, 0.2) is 72.8 Å². The van der Waals surface area contributed by atoms with E-state index in [2.05, 4.69) is 16.0 Å². The van der Waals surface area contributed by atoms with Gasteiger partial charge in [-0.2, -0.15) is 0 Å². The summed E-state index contributed by atoms with van der Waals surface area (Å²) in [6.07, 6.45) is 1.82. The minimum absolute atomic E-state index is 0.0259. The average molecular weight is 462 g/mol. The Morgan fingerprint density at radius 2 is 1.59 bits per heavy atom. The van der Waals surface area contributed by atoms with Gasteiger partial charge < -0.3 is 20.7 Å². The molecule has 7 nitrogen and oxygen atoms in total. The Kier molecular flexibility index (Phi) is 9.61. The first-order valence-electron chi connectivity index (χ1n) is 11.4. The van der Waals surface area contributed by atoms with Crippen LogP contribution in [0.4, 0.5) is 0 Å². The molecule has 0 radical (unpaired) electrons. The van der Waals surface area contributed by atoms with Crippen LogP contribution in [0.1, 0.15) is 24.0 Å². The SMILES string of the molecule is COCC(NC(=O)CNC(=O)CCCc1ccccc1)C(=O)NCc1cccc2ccccc12. The number of hydrogen-bond acceptors (Lipinski definition) is 4. The molecule has 34 heavy (non-hydrogen) atoms. The van der Waals surface area contributed by atoms with Crippen molar-refractivity contribution in [2.75, 3.05) is 20.3 Å². The molecule has 3 rings (SSSR count). The highest BCUT2D eigenvalue weighted by molar-refractivity contribution is 5.91. The number of carbonyl (C=O) groups is 3. The van der Waals surface area contributed by atoms with Gasteiger partial charge in [-0.05, 0) is 34.7 Å². The zero-order valence-electron chi connectivity index (χ0n) is 19.4. The maximum absolute atomic E-state index is 12.7. The molecule has 0 aliphatic carbocycles. The van der Waals surface area contributed by atoms with Gasteiger partial charge in [0.15, 0.2) is 0 Å². The molecular weight excluding hydrogens is 430 g/mol. The van der Waals surface area contributed by atoms with Crippen LogP contribution in [0.25, 0.3) is 10.8 Å². The third kappa shape index (κ3) is 7.71. The Labute approximate surface area is 199 Å². The van der Waals surface area contributed by atoms with Crippen LogP contribution >= 0.6 is 0 Å². The predicted octanol–water partition coefficient (Wildman–Crippen LogP) is 2.73. The van der Waals surface area contributed by atoms with Crippen molar-refractivity contribution < 1.29 is 19.1 Å². The Morgan fingerprint density at radius 1 is 0.853 bits per heavy atom. The van der Waals surface area contributed by atoms with Crippen LogP contribution in [-0.4, -0.2) is 44.0 Å². The smallest absolute Gasteiger partial charge is 0.245 e. The standard InChI is InChI=1S/C27H31N3O4/c1-34-19-24(27(33)29-17-22-14-8-13-21-12-5-6-15-23(21)22)30-26(32)18-28-25(31)16-7-11-20-9-3-2-4-10-20/h2-6,8-10,12-15,24H,7,11,16-19H2,1H3,(H,28,31)(H,29,33)(H,30,32). The maximum atomic E-state index is 12.7. The maximum Gasteiger partial charge on any atom is 0.245 e. The molecular formula is C27H31N3O4. The first-order valence-corrected chi connectivity index (χ1v) is 11.4. The fraction of sp³-hybridized carbons (Fsp3) is 0.296. The average Bonchev–Trinajstić information content (AvgIpc) is 2.86. The third-order valence-electron chi connectivity index (χ3n) is 5.48. The van der Waals surface area contributed by atoms with Crippen LogP contribution in [0, 0.1) is 0 Å². The van der Waals surface area contributed by atoms with Crippen LogP contribution in [0.5, 0.6) is 0 Å². The monoisotopic (exact) mass is 461 g/mol. The van der Waals surface area contributed by atoms with Gasteiger partial charge in [0, 0.05) is 20.1 Å². The lowest BCUT2D eigenvalue weighted by molar-refractivity contribution is -0.131. The Balaban J connectivity index is 1.43. The van der Waals surface area contributed by atoms with Gasteiger partial charge in [-0.25, -0.2) is 0 Å². The molecule has 7 heteroatoms. The minimum atomic E-state index is -0.859. The lowest BCUT2D eigenvalue weighted by atomic mass is 10.0. The molecule has 0 aromatic heterocycles. The van der Waals surface area contributed by atoms with Crippen LogP contribution in [0.3, 0.4) is 0 Å². The third-order valence-corrected chi connectivity index (χ3v) is 5.48. The summed E-state index contributed by atoms with van der Waals surface area (Å²) in [6.45, 7) is 0.160. The number of aryl methyl sites for hydroxylation is 1. The fourth-order valence-corrected chi connectivity index (χ4v) is 3.71. The van der Waals surface area contributed by atoms with Crippen molar-refractivity contribution in [1.82, 2.24) is 16.0 Å². The van der Waals surface area contributed by atoms with E-state index in [9.17, 15) is 14.4 Å². The summed E-state index contributed by atoms with van der Waals surface area (Å²) in [5.74, 6) is -0.995. The summed E-state index contributed by atoms with van der Waals surface area (Å²) >= 11 is 0. The van der Waals surface area contributed by atoms with Gasteiger partial charge in [0.05, 0.1) is 13.2 Å². The van der Waals surface area contributed by atoms with Crippen molar-refractivity contribution in [2.45, 2.75) is 31.8 Å². The van der Waals surface area contributed by atoms with E-state index in [1.54, 1.807) is 0 Å². The van der Waals surface area contributed by atoms with Crippen molar-refractivity contribution in [3.05, 3.63) is 83.9 Å². The molecule has 3 amide bonds. The van der Waals surface area contributed by atoms with E-state index in [0.29, 0.717) is 19.4 Å². The van der Waals surface area contributed by atoms with Gasteiger partial charge in [0.25, 0.3) is 0 Å². The number of carbonyl (C=O) groups excluding carboxylic acids is 3. The molecule has 0 spiro atoms. The summed E-state index contributed by atoms with van der Waals surface area (Å²) in [5.41, 5.74) is 2.15. The topological polar surface area (TPSA) is 96.5 Å². The number of nitrogens with one attached hydrogen (secondary N) is 3. The number of benzene rings is 3. The predicted molar refractivity (Wildman–Crippen MR) is 132 cm³/mol. The molecule has 0 saturated carbocycles. The number of fused-ring (bicyclic) bond motifs is 1. The van der Waals surface area contributed by atoms with Gasteiger partial charge in [-0.3, -0.25) is 14.4 Å². The van der Waals surface area contributed by atoms with E-state index >= 15 is 0 Å². The Hall–Kier alpha value is -3.71. The van der Waals surface area contributed by atoms with E-state index < -0.39 is 11.9 Å². The summed E-state index contributed by atoms with van der Waals surface area (Å²) in [6, 6.07) is 22.9. The first-order chi connectivity index (χ1) is 16.6. The molecule has 0 fully saturated rings. The highest BCUT2D eigenvalue weighted by Crippen LogP contribution is 2.18. The number of hydrogen-bond donors (Lipinski definition) is 3. The largest absolute Gasteiger partial charge is 0.382 e. The van der Waals surface area contributed by atoms with E-state index in [1.165, 1.54) is 12.7 Å². The number of rotatable bonds is 12. The van der Waals surface area contributed by atoms with Crippen molar-refractivity contribution >= 4 is 28.5 Å². The van der Waals surface area contributed by atoms with E-state index in [0.717, 1.165) is 22.8 Å². The van der Waals surface area contributed by atoms with Gasteiger partial charge in [0.2, 0.25) is 17.7 Å². The van der Waals surface area contributed by atoms with Crippen LogP contribution < -0.4 is 16.0 Å². The summed E-state index contributed by atoms with van der Waals surface area (Å²) in [5, 5.41) is 10.3. The summed E-state index contributed by atoms with van der Waals surface area (Å²) < 4.78 is 5.11. The lowest BCUT2D eigenvalue weighted by Crippen LogP contribution is -2.51. The van der Waals surface area contributed by atoms with E-state index in [4.69, 9.17) is 4.74 Å². The number of ether oxygens (including phenoxy) is 1. The molecule has 3 aromatic carbocycles. The van der Waals surface area contributed by atoms with Gasteiger partial charge in [-0.15, -0.1) is 0 Å². The molecule has 3 N–H and O–H groups in total. The molecule has 0 aliphatic heterocycles. The summed E-state index contributed by atoms with van der Waals surface area (Å²) in [7, 11) is 1.46. The molecule has 3 aromatic rings. The van der Waals surface area contributed by atoms with E-state index in [-0.39, 0.29) is 25.0 Å². The summed E-state index contributed by atoms with van der Waals surface area (Å²) in [4.78, 5) is 37.1. The first kappa shape index (κ1) is 24.9. The van der Waals surface area contributed by atoms with Crippen LogP contribution in [0.2, 0.25) is 0 Å². The Bertz CT molecular complexity index is 1100. The lowest BCUT2D eigenvalue weighted by Gasteiger charge is -2.18.